The molecule has 0 radical (unpaired) electrons. The number of nitro benzene ring substituents is 1. The van der Waals surface area contributed by atoms with Crippen molar-refractivity contribution in [2.24, 2.45) is 40.9 Å². The van der Waals surface area contributed by atoms with Crippen LogP contribution in [0.4, 0.5) is 80.4 Å². The monoisotopic (exact) mass is 1790 g/mol. The fourth-order valence-corrected chi connectivity index (χ4v) is 14.8. The first-order chi connectivity index (χ1) is 53.6. The van der Waals surface area contributed by atoms with Gasteiger partial charge in [0, 0.05) is 45.8 Å². The van der Waals surface area contributed by atoms with Gasteiger partial charge in [0.25, 0.3) is 66.4 Å². The number of rotatable bonds is 34. The normalized spacial score (nSPS) is 12.2. The van der Waals surface area contributed by atoms with Crippen molar-refractivity contribution in [1.82, 2.24) is 24.3 Å². The molecule has 56 heteroatoms. The zero-order chi connectivity index (χ0) is 85.1. The Balaban J connectivity index is 0.00000218. The molecular weight excluding hydrogens is 1730 g/mol. The van der Waals surface area contributed by atoms with Gasteiger partial charge in [-0.05, 0) is 129 Å². The number of aromatic nitrogens is 5. The highest BCUT2D eigenvalue weighted by molar-refractivity contribution is 7.99. The summed E-state index contributed by atoms with van der Waals surface area (Å²) >= 11 is 1.92. The van der Waals surface area contributed by atoms with Gasteiger partial charge in [0.05, 0.1) is 73.2 Å². The lowest BCUT2D eigenvalue weighted by atomic mass is 10.1. The first kappa shape index (κ1) is 91.2. The molecule has 9 rings (SSSR count). The summed E-state index contributed by atoms with van der Waals surface area (Å²) in [6, 6.07) is 24.2. The number of thioether (sulfide) groups is 2. The fraction of sp³-hybridized carbons (Fsp3) is 0.237. The number of pyridine rings is 1. The maximum Gasteiger partial charge on any atom is 0.425 e. The third-order valence-corrected chi connectivity index (χ3v) is 21.6. The van der Waals surface area contributed by atoms with E-state index in [0.717, 1.165) is 47.8 Å². The number of nitriles is 1. The number of nitro groups is 1. The zero-order valence-electron chi connectivity index (χ0n) is 58.6. The number of para-hydroxylation sites is 2. The van der Waals surface area contributed by atoms with E-state index in [1.165, 1.54) is 66.8 Å². The molecule has 0 spiro atoms. The average molecular weight is 1790 g/mol. The van der Waals surface area contributed by atoms with E-state index in [1.807, 2.05) is 0 Å². The second kappa shape index (κ2) is 39.3. The molecule has 9 aromatic rings. The van der Waals surface area contributed by atoms with E-state index in [-0.39, 0.29) is 138 Å². The van der Waals surface area contributed by atoms with Crippen LogP contribution in [0.25, 0.3) is 16.7 Å². The van der Waals surface area contributed by atoms with Crippen LogP contribution in [0.15, 0.2) is 164 Å². The van der Waals surface area contributed by atoms with Gasteiger partial charge in [-0.3, -0.25) is 41.8 Å². The maximum absolute atomic E-state index is 12.4. The molecule has 612 valence electrons. The van der Waals surface area contributed by atoms with Gasteiger partial charge in [-0.1, -0.05) is 18.2 Å². The van der Waals surface area contributed by atoms with Crippen molar-refractivity contribution in [3.05, 3.63) is 135 Å². The molecule has 0 aliphatic heterocycles. The number of aromatic hydroxyl groups is 1. The number of hydrogen-bond acceptors (Lipinski definition) is 40. The predicted molar refractivity (Wildman–Crippen MR) is 409 cm³/mol. The molecule has 6 aromatic carbocycles. The van der Waals surface area contributed by atoms with Crippen LogP contribution in [0.1, 0.15) is 41.5 Å². The van der Waals surface area contributed by atoms with E-state index in [1.54, 1.807) is 31.2 Å². The molecule has 0 atom stereocenters. The summed E-state index contributed by atoms with van der Waals surface area (Å²) in [5.41, 5.74) is 0.0603. The van der Waals surface area contributed by atoms with Crippen molar-refractivity contribution in [1.29, 1.82) is 5.26 Å². The lowest BCUT2D eigenvalue weighted by Gasteiger charge is -2.15. The molecular formula is C59H58N18O28S10. The Bertz CT molecular complexity index is 6400. The van der Waals surface area contributed by atoms with Crippen molar-refractivity contribution < 1.29 is 118 Å². The molecule has 0 saturated carbocycles. The van der Waals surface area contributed by atoms with E-state index in [9.17, 15) is 98.3 Å². The van der Waals surface area contributed by atoms with Crippen molar-refractivity contribution in [2.75, 3.05) is 63.6 Å². The molecule has 10 N–H and O–H groups in total. The first-order valence-corrected chi connectivity index (χ1v) is 44.7. The Morgan fingerprint density at radius 3 is 1.62 bits per heavy atom. The molecule has 0 aliphatic rings. The minimum atomic E-state index is -5.13. The van der Waals surface area contributed by atoms with E-state index in [4.69, 9.17) is 30.0 Å². The number of imidazole rings is 1. The zero-order valence-corrected chi connectivity index (χ0v) is 66.8. The second-order valence-electron chi connectivity index (χ2n) is 22.9. The van der Waals surface area contributed by atoms with Gasteiger partial charge < -0.3 is 25.8 Å². The Morgan fingerprint density at radius 1 is 0.548 bits per heavy atom. The standard InChI is InChI=1S/C59H58N18O22S8.2O3S/c1-33-24-46(72-75-54-35(3)39(32-60)55-63-40-12-4-5-13-49(40)76(55)56(54)78)50(99-17-7-20-102(81,82)83)29-42(33)69-74-48-28-44(64-59-66-57(61-16-23-105(90,91)92)65-58(67-59)62-36-10-6-11-38(26-36)106(93,94)95)45(31-52(48)101-19-9-22-104(87,88)89)71-73-47-25-34(2)43(30-51(47)100-18-8-21-103(84,85)86)70-68-41-15-14-37(77(79)80)27-53(41)107(96,97)98;2*1-4(2)3/h4-6,10-15,24-31,78H,7-9,16-23H2,1-3H3,(H,81,82,83)(H,84,85,86)(H,87,88,89)(H,90,91,92)(H,93,94,95)(H,96,97,98)(H3,61,62,64,65,66,67);;. The van der Waals surface area contributed by atoms with Gasteiger partial charge in [-0.15, -0.1) is 79.5 Å². The molecule has 46 nitrogen and oxygen atoms in total. The van der Waals surface area contributed by atoms with Crippen LogP contribution in [0, 0.1) is 42.2 Å². The van der Waals surface area contributed by atoms with Crippen LogP contribution in [0.2, 0.25) is 0 Å². The van der Waals surface area contributed by atoms with E-state index in [0.29, 0.717) is 22.7 Å². The summed E-state index contributed by atoms with van der Waals surface area (Å²) in [5.74, 6) is -4.84. The lowest BCUT2D eigenvalue weighted by molar-refractivity contribution is -0.385. The molecule has 3 aromatic heterocycles. The summed E-state index contributed by atoms with van der Waals surface area (Å²) in [6.45, 7) is 3.72. The molecule has 3 heterocycles. The Hall–Kier alpha value is -11.0. The van der Waals surface area contributed by atoms with Gasteiger partial charge in [-0.2, -0.15) is 80.9 Å². The van der Waals surface area contributed by atoms with E-state index >= 15 is 0 Å². The van der Waals surface area contributed by atoms with Crippen molar-refractivity contribution >= 4 is 203 Å². The molecule has 0 bridgehead atoms. The minimum Gasteiger partial charge on any atom is -0.493 e. The maximum atomic E-state index is 12.4. The number of non-ortho nitro benzene ring substituents is 1. The molecule has 115 heavy (non-hydrogen) atoms. The SMILES string of the molecule is Cc1cc(N=Nc2c(C)c(C#N)c3nc4ccccc4n3c2O)c(OCCCS(=O)(=O)O)cc1N=Nc1cc(Nc2nc(NCCS(=O)(=O)O)nc(Nc3cccc(S(=O)(=O)O)c3)n2)c(N=Nc2cc(C)c(N=Nc3ccc([N+](=O)[O-])cc3S(=O)(=O)O)cc2SCCCS(=O)(=O)O)cc1SCCCS(=O)(=O)O.O=S(=O)=O.O=S(=O)=O. The van der Waals surface area contributed by atoms with Crippen LogP contribution >= 0.6 is 23.5 Å². The third kappa shape index (κ3) is 28.5. The largest absolute Gasteiger partial charge is 0.493 e. The predicted octanol–water partition coefficient (Wildman–Crippen LogP) is 10.4. The van der Waals surface area contributed by atoms with Crippen molar-refractivity contribution in [3.63, 3.8) is 0 Å². The van der Waals surface area contributed by atoms with Crippen LogP contribution in [0.3, 0.4) is 0 Å². The van der Waals surface area contributed by atoms with Crippen LogP contribution in [0.5, 0.6) is 11.6 Å². The summed E-state index contributed by atoms with van der Waals surface area (Å²) in [5, 5.41) is 77.1. The minimum absolute atomic E-state index is 0.000215. The van der Waals surface area contributed by atoms with E-state index in [2.05, 4.69) is 82.9 Å². The summed E-state index contributed by atoms with van der Waals surface area (Å²) in [7, 11) is -34.2. The number of azo groups is 4. The highest BCUT2D eigenvalue weighted by atomic mass is 32.2. The molecule has 0 amide bonds. The van der Waals surface area contributed by atoms with Crippen molar-refractivity contribution in [3.8, 4) is 17.7 Å². The van der Waals surface area contributed by atoms with Crippen LogP contribution in [-0.2, 0) is 81.9 Å². The number of hydrogen-bond donors (Lipinski definition) is 10. The Kier molecular flexibility index (Phi) is 31.2. The Labute approximate surface area is 662 Å². The highest BCUT2D eigenvalue weighted by Gasteiger charge is 2.25. The summed E-state index contributed by atoms with van der Waals surface area (Å²) in [4.78, 5) is 27.0. The fourth-order valence-electron chi connectivity index (χ4n) is 9.53. The number of benzene rings is 6. The van der Waals surface area contributed by atoms with Crippen molar-refractivity contribution in [2.45, 2.75) is 59.6 Å². The average Bonchev–Trinajstić information content (AvgIpc) is 1.60. The number of aryl methyl sites for hydroxylation is 2. The number of fused-ring (bicyclic) bond motifs is 3. The number of nitrogens with zero attached hydrogens (tertiary/aromatic N) is 15. The summed E-state index contributed by atoms with van der Waals surface area (Å²) < 4.78 is 260. The second-order valence-corrected chi connectivity index (χ2v) is 35.1. The molecule has 0 aliphatic carbocycles. The number of anilines is 5. The van der Waals surface area contributed by atoms with Gasteiger partial charge in [0.2, 0.25) is 23.7 Å². The molecule has 0 saturated heterocycles. The lowest BCUT2D eigenvalue weighted by Crippen LogP contribution is -2.17. The van der Waals surface area contributed by atoms with E-state index < -0.39 is 149 Å². The summed E-state index contributed by atoms with van der Waals surface area (Å²) in [6.07, 6.45) is -0.567. The number of ether oxygens (including phenoxy) is 1. The van der Waals surface area contributed by atoms with Crippen LogP contribution in [-0.4, -0.2) is 185 Å². The van der Waals surface area contributed by atoms with Gasteiger partial charge in [-0.25, -0.2) is 4.98 Å². The molecule has 0 fully saturated rings. The number of nitrogens with one attached hydrogen (secondary N) is 3. The van der Waals surface area contributed by atoms with Gasteiger partial charge in [0.15, 0.2) is 11.3 Å². The van der Waals surface area contributed by atoms with Gasteiger partial charge in [0.1, 0.15) is 45.0 Å². The van der Waals surface area contributed by atoms with Crippen LogP contribution < -0.4 is 20.7 Å². The molecule has 0 unspecified atom stereocenters. The van der Waals surface area contributed by atoms with Gasteiger partial charge >= 0.3 is 21.2 Å². The topological polar surface area (TPSA) is 716 Å². The third-order valence-electron chi connectivity index (χ3n) is 14.5. The first-order valence-electron chi connectivity index (χ1n) is 31.4. The smallest absolute Gasteiger partial charge is 0.425 e. The Morgan fingerprint density at radius 2 is 1.05 bits per heavy atom. The highest BCUT2D eigenvalue weighted by Crippen LogP contribution is 2.46. The quantitative estimate of drug-likeness (QED) is 0.00447.